The van der Waals surface area contributed by atoms with Crippen LogP contribution >= 0.6 is 0 Å². The molecule has 0 amide bonds. The molecule has 1 fully saturated rings. The van der Waals surface area contributed by atoms with Gasteiger partial charge < -0.3 is 19.3 Å². The first-order valence-electron chi connectivity index (χ1n) is 9.19. The Morgan fingerprint density at radius 1 is 0.893 bits per heavy atom. The van der Waals surface area contributed by atoms with Gasteiger partial charge in [0.25, 0.3) is 0 Å². The highest BCUT2D eigenvalue weighted by Gasteiger charge is 2.17. The van der Waals surface area contributed by atoms with Crippen LogP contribution in [0.1, 0.15) is 0 Å². The van der Waals surface area contributed by atoms with E-state index in [1.165, 1.54) is 16.6 Å². The summed E-state index contributed by atoms with van der Waals surface area (Å²) in [6, 6.07) is 16.1. The highest BCUT2D eigenvalue weighted by atomic mass is 16.7. The first-order chi connectivity index (χ1) is 13.7. The zero-order valence-electron chi connectivity index (χ0n) is 15.7. The van der Waals surface area contributed by atoms with E-state index >= 15 is 0 Å². The lowest BCUT2D eigenvalue weighted by atomic mass is 10.2. The molecule has 1 aliphatic rings. The monoisotopic (exact) mass is 381 g/mol. The predicted molar refractivity (Wildman–Crippen MR) is 108 cm³/mol. The van der Waals surface area contributed by atoms with E-state index in [9.17, 15) is 4.79 Å². The van der Waals surface area contributed by atoms with Crippen LogP contribution in [0.2, 0.25) is 0 Å². The molecule has 0 saturated carbocycles. The molecule has 146 valence electrons. The number of aromatic amines is 1. The average molecular weight is 381 g/mol. The third kappa shape index (κ3) is 3.86. The summed E-state index contributed by atoms with van der Waals surface area (Å²) in [4.78, 5) is 16.4. The standard InChI is InChI=1S/C20H23N5O3/c1-27-15-28-19-8-6-17(7-9-19)24-12-10-23(11-13-24)16-2-4-18(5-3-16)25-14-21-22-20(25)26/h2-9,14H,10-13,15H2,1H3,(H,22,26). The van der Waals surface area contributed by atoms with Crippen molar-refractivity contribution >= 4 is 11.4 Å². The van der Waals surface area contributed by atoms with Gasteiger partial charge in [-0.25, -0.2) is 14.5 Å². The zero-order chi connectivity index (χ0) is 19.3. The summed E-state index contributed by atoms with van der Waals surface area (Å²) in [5, 5.41) is 6.17. The normalized spacial score (nSPS) is 14.3. The van der Waals surface area contributed by atoms with Gasteiger partial charge in [0.2, 0.25) is 0 Å². The summed E-state index contributed by atoms with van der Waals surface area (Å²) in [6.07, 6.45) is 1.49. The van der Waals surface area contributed by atoms with E-state index < -0.39 is 0 Å². The number of H-pyrrole nitrogens is 1. The van der Waals surface area contributed by atoms with E-state index in [4.69, 9.17) is 9.47 Å². The van der Waals surface area contributed by atoms with E-state index in [1.54, 1.807) is 7.11 Å². The molecular formula is C20H23N5O3. The molecule has 0 spiro atoms. The minimum atomic E-state index is -0.236. The van der Waals surface area contributed by atoms with Crippen LogP contribution in [-0.4, -0.2) is 54.8 Å². The van der Waals surface area contributed by atoms with Gasteiger partial charge in [0.05, 0.1) is 5.69 Å². The van der Waals surface area contributed by atoms with Crippen molar-refractivity contribution < 1.29 is 9.47 Å². The zero-order valence-corrected chi connectivity index (χ0v) is 15.7. The van der Waals surface area contributed by atoms with E-state index in [-0.39, 0.29) is 12.5 Å². The van der Waals surface area contributed by atoms with Crippen molar-refractivity contribution in [2.75, 3.05) is 49.9 Å². The van der Waals surface area contributed by atoms with Gasteiger partial charge in [-0.3, -0.25) is 0 Å². The molecule has 4 rings (SSSR count). The summed E-state index contributed by atoms with van der Waals surface area (Å²) < 4.78 is 11.8. The number of aromatic nitrogens is 3. The van der Waals surface area contributed by atoms with Crippen LogP contribution in [0.3, 0.4) is 0 Å². The Morgan fingerprint density at radius 2 is 1.43 bits per heavy atom. The molecule has 0 radical (unpaired) electrons. The molecule has 3 aromatic rings. The fraction of sp³-hybridized carbons (Fsp3) is 0.300. The van der Waals surface area contributed by atoms with Crippen LogP contribution in [-0.2, 0) is 4.74 Å². The van der Waals surface area contributed by atoms with Crippen LogP contribution in [0.25, 0.3) is 5.69 Å². The second-order valence-electron chi connectivity index (χ2n) is 6.57. The molecule has 0 bridgehead atoms. The van der Waals surface area contributed by atoms with Gasteiger partial charge in [-0.15, -0.1) is 0 Å². The Labute approximate surface area is 162 Å². The van der Waals surface area contributed by atoms with Gasteiger partial charge in [0.15, 0.2) is 6.79 Å². The molecule has 1 N–H and O–H groups in total. The van der Waals surface area contributed by atoms with Crippen molar-refractivity contribution in [2.24, 2.45) is 0 Å². The lowest BCUT2D eigenvalue weighted by Crippen LogP contribution is -2.46. The Balaban J connectivity index is 1.36. The summed E-state index contributed by atoms with van der Waals surface area (Å²) in [5.74, 6) is 0.807. The van der Waals surface area contributed by atoms with Gasteiger partial charge in [-0.2, -0.15) is 5.10 Å². The van der Waals surface area contributed by atoms with Crippen molar-refractivity contribution in [3.63, 3.8) is 0 Å². The van der Waals surface area contributed by atoms with E-state index in [1.807, 2.05) is 36.4 Å². The first-order valence-corrected chi connectivity index (χ1v) is 9.19. The fourth-order valence-electron chi connectivity index (χ4n) is 3.36. The number of methoxy groups -OCH3 is 1. The molecule has 1 aromatic heterocycles. The Hall–Kier alpha value is -3.26. The SMILES string of the molecule is COCOc1ccc(N2CCN(c3ccc(-n4cn[nH]c4=O)cc3)CC2)cc1. The number of benzene rings is 2. The molecule has 2 heterocycles. The molecule has 8 heteroatoms. The van der Waals surface area contributed by atoms with Crippen LogP contribution in [0.15, 0.2) is 59.7 Å². The summed E-state index contributed by atoms with van der Waals surface area (Å²) in [5.41, 5.74) is 2.92. The van der Waals surface area contributed by atoms with Crippen LogP contribution in [0.4, 0.5) is 11.4 Å². The molecule has 2 aromatic carbocycles. The van der Waals surface area contributed by atoms with Crippen LogP contribution in [0.5, 0.6) is 5.75 Å². The topological polar surface area (TPSA) is 75.6 Å². The number of hydrogen-bond acceptors (Lipinski definition) is 6. The number of nitrogens with one attached hydrogen (secondary N) is 1. The number of rotatable bonds is 6. The highest BCUT2D eigenvalue weighted by Crippen LogP contribution is 2.23. The van der Waals surface area contributed by atoms with Crippen molar-refractivity contribution in [1.82, 2.24) is 14.8 Å². The largest absolute Gasteiger partial charge is 0.468 e. The Morgan fingerprint density at radius 3 is 1.93 bits per heavy atom. The molecule has 0 aliphatic carbocycles. The number of nitrogens with zero attached hydrogens (tertiary/aromatic N) is 4. The third-order valence-electron chi connectivity index (χ3n) is 4.87. The number of hydrogen-bond donors (Lipinski definition) is 1. The van der Waals surface area contributed by atoms with E-state index in [0.29, 0.717) is 0 Å². The van der Waals surface area contributed by atoms with Gasteiger partial charge >= 0.3 is 5.69 Å². The second-order valence-corrected chi connectivity index (χ2v) is 6.57. The third-order valence-corrected chi connectivity index (χ3v) is 4.87. The second kappa shape index (κ2) is 8.18. The van der Waals surface area contributed by atoms with Gasteiger partial charge in [0.1, 0.15) is 12.1 Å². The number of anilines is 2. The summed E-state index contributed by atoms with van der Waals surface area (Å²) in [7, 11) is 1.61. The lowest BCUT2D eigenvalue weighted by Gasteiger charge is -2.37. The van der Waals surface area contributed by atoms with Crippen molar-refractivity contribution in [3.05, 3.63) is 65.3 Å². The minimum Gasteiger partial charge on any atom is -0.468 e. The lowest BCUT2D eigenvalue weighted by molar-refractivity contribution is 0.0511. The molecule has 1 aliphatic heterocycles. The van der Waals surface area contributed by atoms with Gasteiger partial charge in [0, 0.05) is 44.7 Å². The molecule has 1 saturated heterocycles. The molecule has 0 unspecified atom stereocenters. The highest BCUT2D eigenvalue weighted by molar-refractivity contribution is 5.54. The van der Waals surface area contributed by atoms with Crippen molar-refractivity contribution in [2.45, 2.75) is 0 Å². The summed E-state index contributed by atoms with van der Waals surface area (Å²) >= 11 is 0. The average Bonchev–Trinajstić information content (AvgIpc) is 3.19. The quantitative estimate of drug-likeness (QED) is 0.657. The Kier molecular flexibility index (Phi) is 5.29. The van der Waals surface area contributed by atoms with Crippen LogP contribution in [0, 0.1) is 0 Å². The predicted octanol–water partition coefficient (Wildman–Crippen LogP) is 1.87. The van der Waals surface area contributed by atoms with Gasteiger partial charge in [-0.1, -0.05) is 0 Å². The molecule has 8 nitrogen and oxygen atoms in total. The van der Waals surface area contributed by atoms with Crippen molar-refractivity contribution in [1.29, 1.82) is 0 Å². The fourth-order valence-corrected chi connectivity index (χ4v) is 3.36. The Bertz CT molecular complexity index is 941. The number of ether oxygens (including phenoxy) is 2. The molecular weight excluding hydrogens is 358 g/mol. The van der Waals surface area contributed by atoms with Gasteiger partial charge in [-0.05, 0) is 48.5 Å². The maximum absolute atomic E-state index is 11.7. The van der Waals surface area contributed by atoms with Crippen molar-refractivity contribution in [3.8, 4) is 11.4 Å². The first kappa shape index (κ1) is 18.1. The van der Waals surface area contributed by atoms with Crippen LogP contribution < -0.4 is 20.2 Å². The summed E-state index contributed by atoms with van der Waals surface area (Å²) in [6.45, 7) is 4.02. The van der Waals surface area contributed by atoms with E-state index in [2.05, 4.69) is 32.1 Å². The molecule has 0 atom stereocenters. The smallest absolute Gasteiger partial charge is 0.347 e. The number of piperazine rings is 1. The maximum atomic E-state index is 11.7. The maximum Gasteiger partial charge on any atom is 0.347 e. The molecule has 28 heavy (non-hydrogen) atoms. The van der Waals surface area contributed by atoms with E-state index in [0.717, 1.165) is 43.3 Å². The minimum absolute atomic E-state index is 0.236.